The molecule has 0 radical (unpaired) electrons. The summed E-state index contributed by atoms with van der Waals surface area (Å²) in [7, 11) is -1.03. The van der Waals surface area contributed by atoms with Crippen molar-refractivity contribution >= 4 is 33.3 Å². The minimum atomic E-state index is -3.88. The molecule has 140 valence electrons. The molecular weight excluding hydrogens is 382 g/mol. The van der Waals surface area contributed by atoms with Gasteiger partial charge in [0, 0.05) is 12.5 Å². The van der Waals surface area contributed by atoms with Crippen LogP contribution in [0.4, 0.5) is 5.69 Å². The van der Waals surface area contributed by atoms with Crippen molar-refractivity contribution in [3.63, 3.8) is 0 Å². The van der Waals surface area contributed by atoms with Crippen molar-refractivity contribution in [3.8, 4) is 11.5 Å². The predicted molar refractivity (Wildman–Crippen MR) is 97.8 cm³/mol. The maximum atomic E-state index is 12.6. The fourth-order valence-corrected chi connectivity index (χ4v) is 3.53. The zero-order valence-corrected chi connectivity index (χ0v) is 15.7. The number of nitrogens with one attached hydrogen (secondary N) is 1. The third-order valence-corrected chi connectivity index (χ3v) is 5.26. The van der Waals surface area contributed by atoms with Gasteiger partial charge in [0.1, 0.15) is 11.5 Å². The topological polar surface area (TPSA) is 102 Å². The van der Waals surface area contributed by atoms with Gasteiger partial charge in [-0.15, -0.1) is 0 Å². The molecule has 0 saturated carbocycles. The summed E-state index contributed by atoms with van der Waals surface area (Å²) in [5.41, 5.74) is 0.907. The highest BCUT2D eigenvalue weighted by Gasteiger charge is 2.18. The van der Waals surface area contributed by atoms with Crippen LogP contribution in [0.1, 0.15) is 12.0 Å². The van der Waals surface area contributed by atoms with Gasteiger partial charge in [-0.05, 0) is 30.2 Å². The molecule has 9 heteroatoms. The Morgan fingerprint density at radius 1 is 1.12 bits per heavy atom. The van der Waals surface area contributed by atoms with E-state index < -0.39 is 16.0 Å². The minimum absolute atomic E-state index is 0.0219. The summed E-state index contributed by atoms with van der Waals surface area (Å²) < 4.78 is 37.8. The summed E-state index contributed by atoms with van der Waals surface area (Å²) in [5, 5.41) is 8.93. The van der Waals surface area contributed by atoms with E-state index in [1.165, 1.54) is 38.5 Å². The van der Waals surface area contributed by atoms with Crippen LogP contribution < -0.4 is 14.2 Å². The number of carboxylic acid groups (broad SMARTS) is 1. The van der Waals surface area contributed by atoms with Crippen LogP contribution in [0, 0.1) is 0 Å². The summed E-state index contributed by atoms with van der Waals surface area (Å²) in [6.45, 7) is 0. The lowest BCUT2D eigenvalue weighted by atomic mass is 10.1. The van der Waals surface area contributed by atoms with Crippen LogP contribution in [0.5, 0.6) is 11.5 Å². The van der Waals surface area contributed by atoms with E-state index in [9.17, 15) is 13.2 Å². The molecule has 0 amide bonds. The van der Waals surface area contributed by atoms with Gasteiger partial charge in [0.05, 0.1) is 29.8 Å². The number of hydrogen-bond donors (Lipinski definition) is 2. The molecule has 0 spiro atoms. The van der Waals surface area contributed by atoms with Gasteiger partial charge in [0.2, 0.25) is 0 Å². The molecule has 0 aromatic heterocycles. The van der Waals surface area contributed by atoms with Gasteiger partial charge in [0.25, 0.3) is 10.0 Å². The molecule has 2 aromatic rings. The van der Waals surface area contributed by atoms with Crippen LogP contribution in [0.2, 0.25) is 5.02 Å². The largest absolute Gasteiger partial charge is 0.495 e. The van der Waals surface area contributed by atoms with E-state index in [1.54, 1.807) is 12.1 Å². The Labute approximate surface area is 156 Å². The SMILES string of the molecule is COc1cc(OC)c(NS(=O)(=O)c2ccc(CCC(=O)O)cc2)cc1Cl. The average Bonchev–Trinajstić information content (AvgIpc) is 2.60. The first-order valence-electron chi connectivity index (χ1n) is 7.52. The van der Waals surface area contributed by atoms with Crippen molar-refractivity contribution in [1.29, 1.82) is 0 Å². The van der Waals surface area contributed by atoms with Crippen LogP contribution in [-0.4, -0.2) is 33.7 Å². The molecule has 0 aliphatic carbocycles. The molecule has 0 bridgehead atoms. The number of benzene rings is 2. The van der Waals surface area contributed by atoms with Crippen molar-refractivity contribution < 1.29 is 27.8 Å². The number of ether oxygens (including phenoxy) is 2. The van der Waals surface area contributed by atoms with Gasteiger partial charge in [0.15, 0.2) is 0 Å². The highest BCUT2D eigenvalue weighted by atomic mass is 35.5. The van der Waals surface area contributed by atoms with Crippen molar-refractivity contribution in [3.05, 3.63) is 47.0 Å². The molecule has 0 aliphatic heterocycles. The summed E-state index contributed by atoms with van der Waals surface area (Å²) in [6.07, 6.45) is 0.302. The van der Waals surface area contributed by atoms with E-state index in [0.29, 0.717) is 12.2 Å². The Balaban J connectivity index is 2.26. The maximum absolute atomic E-state index is 12.6. The first-order chi connectivity index (χ1) is 12.3. The molecule has 2 N–H and O–H groups in total. The highest BCUT2D eigenvalue weighted by Crippen LogP contribution is 2.36. The van der Waals surface area contributed by atoms with Crippen molar-refractivity contribution in [2.24, 2.45) is 0 Å². The van der Waals surface area contributed by atoms with Crippen LogP contribution in [0.3, 0.4) is 0 Å². The van der Waals surface area contributed by atoms with E-state index in [2.05, 4.69) is 4.72 Å². The van der Waals surface area contributed by atoms with Gasteiger partial charge in [-0.25, -0.2) is 8.42 Å². The number of carboxylic acids is 1. The fourth-order valence-electron chi connectivity index (χ4n) is 2.23. The van der Waals surface area contributed by atoms with Gasteiger partial charge >= 0.3 is 5.97 Å². The third kappa shape index (κ3) is 4.80. The maximum Gasteiger partial charge on any atom is 0.303 e. The third-order valence-electron chi connectivity index (χ3n) is 3.58. The number of rotatable bonds is 8. The van der Waals surface area contributed by atoms with E-state index in [-0.39, 0.29) is 27.8 Å². The van der Waals surface area contributed by atoms with Crippen molar-refractivity contribution in [2.75, 3.05) is 18.9 Å². The zero-order valence-electron chi connectivity index (χ0n) is 14.2. The van der Waals surface area contributed by atoms with E-state index in [1.807, 2.05) is 0 Å². The van der Waals surface area contributed by atoms with E-state index in [0.717, 1.165) is 5.56 Å². The second kappa shape index (κ2) is 8.29. The van der Waals surface area contributed by atoms with Crippen molar-refractivity contribution in [2.45, 2.75) is 17.7 Å². The highest BCUT2D eigenvalue weighted by molar-refractivity contribution is 7.92. The summed E-state index contributed by atoms with van der Waals surface area (Å²) in [4.78, 5) is 10.6. The molecule has 2 rings (SSSR count). The number of anilines is 1. The second-order valence-corrected chi connectivity index (χ2v) is 7.42. The molecule has 0 fully saturated rings. The molecule has 26 heavy (non-hydrogen) atoms. The molecule has 0 atom stereocenters. The van der Waals surface area contributed by atoms with Crippen LogP contribution >= 0.6 is 11.6 Å². The van der Waals surface area contributed by atoms with Crippen LogP contribution in [-0.2, 0) is 21.2 Å². The average molecular weight is 400 g/mol. The number of carbonyl (C=O) groups is 1. The molecule has 0 saturated heterocycles. The molecule has 0 heterocycles. The molecule has 0 unspecified atom stereocenters. The predicted octanol–water partition coefficient (Wildman–Crippen LogP) is 3.18. The molecule has 0 aliphatic rings. The number of sulfonamides is 1. The number of methoxy groups -OCH3 is 2. The Bertz CT molecular complexity index is 896. The number of aliphatic carboxylic acids is 1. The van der Waals surface area contributed by atoms with E-state index in [4.69, 9.17) is 26.2 Å². The minimum Gasteiger partial charge on any atom is -0.495 e. The molecule has 2 aromatic carbocycles. The van der Waals surface area contributed by atoms with Crippen LogP contribution in [0.25, 0.3) is 0 Å². The lowest BCUT2D eigenvalue weighted by Crippen LogP contribution is -2.14. The monoisotopic (exact) mass is 399 g/mol. The molecule has 7 nitrogen and oxygen atoms in total. The number of aryl methyl sites for hydroxylation is 1. The van der Waals surface area contributed by atoms with Crippen molar-refractivity contribution in [1.82, 2.24) is 0 Å². The quantitative estimate of drug-likeness (QED) is 0.706. The summed E-state index contributed by atoms with van der Waals surface area (Å²) >= 11 is 6.05. The Morgan fingerprint density at radius 2 is 1.73 bits per heavy atom. The Morgan fingerprint density at radius 3 is 2.27 bits per heavy atom. The zero-order chi connectivity index (χ0) is 19.3. The van der Waals surface area contributed by atoms with Gasteiger partial charge in [-0.1, -0.05) is 23.7 Å². The van der Waals surface area contributed by atoms with Crippen LogP contribution in [0.15, 0.2) is 41.3 Å². The first kappa shape index (κ1) is 19.9. The summed E-state index contributed by atoms with van der Waals surface area (Å²) in [5.74, 6) is -0.297. The van der Waals surface area contributed by atoms with E-state index >= 15 is 0 Å². The van der Waals surface area contributed by atoms with Gasteiger partial charge in [-0.3, -0.25) is 9.52 Å². The standard InChI is InChI=1S/C17H18ClNO6S/c1-24-15-10-16(25-2)14(9-13(15)18)19-26(22,23)12-6-3-11(4-7-12)5-8-17(20)21/h3-4,6-7,9-10,19H,5,8H2,1-2H3,(H,20,21). The second-order valence-electron chi connectivity index (χ2n) is 5.33. The normalized spacial score (nSPS) is 11.0. The smallest absolute Gasteiger partial charge is 0.303 e. The lowest BCUT2D eigenvalue weighted by molar-refractivity contribution is -0.136. The Kier molecular flexibility index (Phi) is 6.33. The van der Waals surface area contributed by atoms with Gasteiger partial charge in [-0.2, -0.15) is 0 Å². The molecular formula is C17H18ClNO6S. The Hall–Kier alpha value is -2.45. The fraction of sp³-hybridized carbons (Fsp3) is 0.235. The first-order valence-corrected chi connectivity index (χ1v) is 9.38. The summed E-state index contributed by atoms with van der Waals surface area (Å²) in [6, 6.07) is 8.87. The number of hydrogen-bond acceptors (Lipinski definition) is 5. The number of halogens is 1. The lowest BCUT2D eigenvalue weighted by Gasteiger charge is -2.14. The van der Waals surface area contributed by atoms with Gasteiger partial charge < -0.3 is 14.6 Å².